The van der Waals surface area contributed by atoms with Crippen LogP contribution in [0.15, 0.2) is 12.1 Å². The van der Waals surface area contributed by atoms with E-state index in [2.05, 4.69) is 32.9 Å². The second-order valence-electron chi connectivity index (χ2n) is 8.21. The van der Waals surface area contributed by atoms with Crippen LogP contribution in [-0.2, 0) is 37.7 Å². The highest BCUT2D eigenvalue weighted by Crippen LogP contribution is 2.28. The minimum atomic E-state index is -0.232. The Kier molecular flexibility index (Phi) is 7.21. The van der Waals surface area contributed by atoms with Crippen LogP contribution in [-0.4, -0.2) is 11.9 Å². The highest BCUT2D eigenvalue weighted by molar-refractivity contribution is 5.72. The Morgan fingerprint density at radius 3 is 1.84 bits per heavy atom. The van der Waals surface area contributed by atoms with Crippen LogP contribution < -0.4 is 0 Å². The smallest absolute Gasteiger partial charge is 0.308 e. The molecule has 0 atom stereocenters. The molecule has 0 aliphatic heterocycles. The first-order valence-electron chi connectivity index (χ1n) is 8.89. The van der Waals surface area contributed by atoms with Gasteiger partial charge in [0.1, 0.15) is 13.2 Å². The van der Waals surface area contributed by atoms with Crippen molar-refractivity contribution in [3.63, 3.8) is 0 Å². The van der Waals surface area contributed by atoms with Crippen molar-refractivity contribution >= 4 is 11.9 Å². The Bertz CT molecular complexity index is 622. The third-order valence-electron chi connectivity index (χ3n) is 4.10. The highest BCUT2D eigenvalue weighted by Gasteiger charge is 2.20. The zero-order chi connectivity index (χ0) is 19.4. The van der Waals surface area contributed by atoms with E-state index in [1.807, 2.05) is 34.6 Å². The molecule has 0 saturated carbocycles. The molecule has 0 saturated heterocycles. The molecule has 0 spiro atoms. The molecule has 0 aliphatic rings. The van der Waals surface area contributed by atoms with E-state index in [9.17, 15) is 9.59 Å². The van der Waals surface area contributed by atoms with E-state index < -0.39 is 0 Å². The lowest BCUT2D eigenvalue weighted by atomic mass is 9.83. The third-order valence-corrected chi connectivity index (χ3v) is 4.10. The molecule has 0 heterocycles. The molecule has 1 aromatic rings. The zero-order valence-electron chi connectivity index (χ0n) is 16.9. The van der Waals surface area contributed by atoms with Gasteiger partial charge in [-0.2, -0.15) is 0 Å². The number of esters is 2. The summed E-state index contributed by atoms with van der Waals surface area (Å²) in [6.45, 7) is 16.1. The van der Waals surface area contributed by atoms with Gasteiger partial charge in [0.2, 0.25) is 0 Å². The van der Waals surface area contributed by atoms with Gasteiger partial charge in [-0.3, -0.25) is 9.59 Å². The predicted octanol–water partition coefficient (Wildman–Crippen LogP) is 4.69. The molecule has 0 fully saturated rings. The van der Waals surface area contributed by atoms with E-state index in [0.29, 0.717) is 0 Å². The lowest BCUT2D eigenvalue weighted by Gasteiger charge is -2.23. The van der Waals surface area contributed by atoms with Crippen LogP contribution >= 0.6 is 0 Å². The maximum absolute atomic E-state index is 11.8. The van der Waals surface area contributed by atoms with E-state index in [1.54, 1.807) is 0 Å². The summed E-state index contributed by atoms with van der Waals surface area (Å²) in [5, 5.41) is 0. The van der Waals surface area contributed by atoms with E-state index in [-0.39, 0.29) is 42.4 Å². The van der Waals surface area contributed by atoms with Crippen LogP contribution in [0.4, 0.5) is 0 Å². The first-order chi connectivity index (χ1) is 11.4. The van der Waals surface area contributed by atoms with Crippen molar-refractivity contribution in [2.75, 3.05) is 0 Å². The van der Waals surface area contributed by atoms with Gasteiger partial charge >= 0.3 is 11.9 Å². The van der Waals surface area contributed by atoms with Crippen molar-refractivity contribution in [2.45, 2.75) is 74.0 Å². The van der Waals surface area contributed by atoms with Gasteiger partial charge < -0.3 is 9.47 Å². The Labute approximate surface area is 151 Å². The van der Waals surface area contributed by atoms with Crippen LogP contribution in [0.2, 0.25) is 0 Å². The van der Waals surface area contributed by atoms with Crippen molar-refractivity contribution in [1.29, 1.82) is 0 Å². The number of carbonyl (C=O) groups is 2. The molecule has 1 rings (SSSR count). The van der Waals surface area contributed by atoms with Crippen molar-refractivity contribution < 1.29 is 19.1 Å². The summed E-state index contributed by atoms with van der Waals surface area (Å²) in [5.41, 5.74) is 4.00. The summed E-state index contributed by atoms with van der Waals surface area (Å²) in [6, 6.07) is 4.17. The van der Waals surface area contributed by atoms with Gasteiger partial charge in [-0.25, -0.2) is 0 Å². The third kappa shape index (κ3) is 6.18. The summed E-state index contributed by atoms with van der Waals surface area (Å²) in [4.78, 5) is 23.7. The fourth-order valence-electron chi connectivity index (χ4n) is 2.28. The van der Waals surface area contributed by atoms with E-state index >= 15 is 0 Å². The molecule has 4 heteroatoms. The van der Waals surface area contributed by atoms with Crippen LogP contribution in [0.5, 0.6) is 0 Å². The first kappa shape index (κ1) is 21.2. The maximum atomic E-state index is 11.8. The van der Waals surface area contributed by atoms with Crippen molar-refractivity contribution in [2.24, 2.45) is 11.8 Å². The fraction of sp³-hybridized carbons (Fsp3) is 0.619. The summed E-state index contributed by atoms with van der Waals surface area (Å²) >= 11 is 0. The monoisotopic (exact) mass is 348 g/mol. The van der Waals surface area contributed by atoms with E-state index in [0.717, 1.165) is 16.7 Å². The van der Waals surface area contributed by atoms with Crippen LogP contribution in [0.1, 0.15) is 70.7 Å². The number of hydrogen-bond acceptors (Lipinski definition) is 4. The van der Waals surface area contributed by atoms with Gasteiger partial charge in [0.15, 0.2) is 0 Å². The maximum Gasteiger partial charge on any atom is 0.308 e. The van der Waals surface area contributed by atoms with E-state index in [4.69, 9.17) is 9.47 Å². The molecule has 1 aromatic carbocycles. The fourth-order valence-corrected chi connectivity index (χ4v) is 2.28. The minimum Gasteiger partial charge on any atom is -0.461 e. The Morgan fingerprint density at radius 2 is 1.40 bits per heavy atom. The van der Waals surface area contributed by atoms with Crippen LogP contribution in [0.25, 0.3) is 0 Å². The van der Waals surface area contributed by atoms with Gasteiger partial charge in [0, 0.05) is 0 Å². The molecule has 25 heavy (non-hydrogen) atoms. The molecule has 140 valence electrons. The SMILES string of the molecule is Cc1cc(C(C)(C)C)cc(COC(=O)C(C)C)c1COC(=O)C(C)C. The van der Waals surface area contributed by atoms with Gasteiger partial charge in [-0.05, 0) is 34.6 Å². The predicted molar refractivity (Wildman–Crippen MR) is 99.1 cm³/mol. The van der Waals surface area contributed by atoms with Crippen molar-refractivity contribution in [3.05, 3.63) is 34.4 Å². The van der Waals surface area contributed by atoms with Gasteiger partial charge in [-0.15, -0.1) is 0 Å². The van der Waals surface area contributed by atoms with Crippen LogP contribution in [0, 0.1) is 18.8 Å². The Hall–Kier alpha value is -1.84. The number of aryl methyl sites for hydroxylation is 1. The molecule has 0 bridgehead atoms. The lowest BCUT2D eigenvalue weighted by Crippen LogP contribution is -2.17. The largest absolute Gasteiger partial charge is 0.461 e. The zero-order valence-corrected chi connectivity index (χ0v) is 16.9. The van der Waals surface area contributed by atoms with Crippen molar-refractivity contribution in [3.8, 4) is 0 Å². The molecule has 0 unspecified atom stereocenters. The Morgan fingerprint density at radius 1 is 0.920 bits per heavy atom. The molecule has 0 amide bonds. The standard InChI is InChI=1S/C21H32O4/c1-13(2)19(22)24-11-16-10-17(21(6,7)8)9-15(5)18(16)12-25-20(23)14(3)4/h9-10,13-14H,11-12H2,1-8H3. The number of ether oxygens (including phenoxy) is 2. The number of rotatable bonds is 6. The van der Waals surface area contributed by atoms with Gasteiger partial charge in [0.05, 0.1) is 11.8 Å². The molecular formula is C21H32O4. The van der Waals surface area contributed by atoms with Crippen molar-refractivity contribution in [1.82, 2.24) is 0 Å². The topological polar surface area (TPSA) is 52.6 Å². The number of hydrogen-bond donors (Lipinski definition) is 0. The Balaban J connectivity index is 3.14. The second kappa shape index (κ2) is 8.50. The average molecular weight is 348 g/mol. The molecular weight excluding hydrogens is 316 g/mol. The highest BCUT2D eigenvalue weighted by atomic mass is 16.5. The number of benzene rings is 1. The molecule has 0 radical (unpaired) electrons. The van der Waals surface area contributed by atoms with E-state index in [1.165, 1.54) is 5.56 Å². The first-order valence-corrected chi connectivity index (χ1v) is 8.89. The summed E-state index contributed by atoms with van der Waals surface area (Å²) in [7, 11) is 0. The summed E-state index contributed by atoms with van der Waals surface area (Å²) < 4.78 is 10.8. The lowest BCUT2D eigenvalue weighted by molar-refractivity contribution is -0.150. The summed E-state index contributed by atoms with van der Waals surface area (Å²) in [6.07, 6.45) is 0. The minimum absolute atomic E-state index is 0.0191. The van der Waals surface area contributed by atoms with Crippen LogP contribution in [0.3, 0.4) is 0 Å². The normalized spacial score (nSPS) is 11.8. The second-order valence-corrected chi connectivity index (χ2v) is 8.21. The molecule has 0 aromatic heterocycles. The quantitative estimate of drug-likeness (QED) is 0.700. The molecule has 0 N–H and O–H groups in total. The summed E-state index contributed by atoms with van der Waals surface area (Å²) in [5.74, 6) is -0.807. The number of carbonyl (C=O) groups excluding carboxylic acids is 2. The van der Waals surface area contributed by atoms with Gasteiger partial charge in [-0.1, -0.05) is 60.6 Å². The average Bonchev–Trinajstić information content (AvgIpc) is 2.49. The van der Waals surface area contributed by atoms with Gasteiger partial charge in [0.25, 0.3) is 0 Å². The molecule has 0 aliphatic carbocycles. The molecule has 4 nitrogen and oxygen atoms in total.